The van der Waals surface area contributed by atoms with E-state index in [0.717, 1.165) is 13.0 Å². The zero-order chi connectivity index (χ0) is 11.1. The van der Waals surface area contributed by atoms with Crippen molar-refractivity contribution in [2.45, 2.75) is 32.4 Å². The van der Waals surface area contributed by atoms with E-state index in [2.05, 4.69) is 10.0 Å². The normalized spacial score (nSPS) is 32.5. The Morgan fingerprint density at radius 3 is 2.73 bits per heavy atom. The van der Waals surface area contributed by atoms with Crippen LogP contribution >= 0.6 is 0 Å². The molecule has 0 aliphatic carbocycles. The van der Waals surface area contributed by atoms with Gasteiger partial charge >= 0.3 is 0 Å². The minimum Gasteiger partial charge on any atom is -0.312 e. The molecule has 0 bridgehead atoms. The van der Waals surface area contributed by atoms with Crippen molar-refractivity contribution >= 4 is 10.2 Å². The van der Waals surface area contributed by atoms with Crippen LogP contribution in [0.25, 0.3) is 0 Å². The first-order valence-electron chi connectivity index (χ1n) is 5.50. The summed E-state index contributed by atoms with van der Waals surface area (Å²) in [5, 5.41) is 3.34. The second kappa shape index (κ2) is 4.01. The van der Waals surface area contributed by atoms with Crippen molar-refractivity contribution in [2.24, 2.45) is 5.92 Å². The van der Waals surface area contributed by atoms with Gasteiger partial charge in [0.15, 0.2) is 0 Å². The van der Waals surface area contributed by atoms with E-state index in [9.17, 15) is 8.42 Å². The van der Waals surface area contributed by atoms with Crippen LogP contribution in [0.4, 0.5) is 0 Å². The highest BCUT2D eigenvalue weighted by atomic mass is 32.2. The minimum atomic E-state index is -3.26. The molecule has 2 heterocycles. The van der Waals surface area contributed by atoms with E-state index in [1.807, 2.05) is 13.8 Å². The molecule has 0 amide bonds. The molecule has 0 radical (unpaired) electrons. The number of fused-ring (bicyclic) bond motifs is 1. The summed E-state index contributed by atoms with van der Waals surface area (Å²) in [6.45, 7) is 5.99. The molecular weight excluding hydrogens is 214 g/mol. The van der Waals surface area contributed by atoms with Gasteiger partial charge in [-0.25, -0.2) is 0 Å². The molecule has 15 heavy (non-hydrogen) atoms. The molecular formula is C9H19N3O2S. The molecule has 2 atom stereocenters. The molecule has 2 aliphatic heterocycles. The number of hydrogen-bond acceptors (Lipinski definition) is 3. The summed E-state index contributed by atoms with van der Waals surface area (Å²) in [4.78, 5) is 0. The van der Waals surface area contributed by atoms with E-state index in [1.54, 1.807) is 4.31 Å². The highest BCUT2D eigenvalue weighted by molar-refractivity contribution is 7.87. The summed E-state index contributed by atoms with van der Waals surface area (Å²) in [6, 6.07) is 0.331. The van der Waals surface area contributed by atoms with Crippen molar-refractivity contribution < 1.29 is 8.42 Å². The molecule has 0 aromatic heterocycles. The molecule has 0 unspecified atom stereocenters. The van der Waals surface area contributed by atoms with Gasteiger partial charge in [-0.15, -0.1) is 0 Å². The Balaban J connectivity index is 2.01. The smallest absolute Gasteiger partial charge is 0.279 e. The summed E-state index contributed by atoms with van der Waals surface area (Å²) in [7, 11) is -3.26. The molecule has 88 valence electrons. The third-order valence-corrected chi connectivity index (χ3v) is 4.80. The molecule has 5 nitrogen and oxygen atoms in total. The monoisotopic (exact) mass is 233 g/mol. The largest absolute Gasteiger partial charge is 0.312 e. The summed E-state index contributed by atoms with van der Waals surface area (Å²) < 4.78 is 27.9. The highest BCUT2D eigenvalue weighted by Gasteiger charge is 2.40. The standard InChI is InChI=1S/C9H19N3O2S/c1-7(2)11-15(13,14)12-5-8-3-4-10-9(8)6-12/h7-11H,3-6H2,1-2H3/t8-,9+/m0/s1. The molecule has 2 fully saturated rings. The number of rotatable bonds is 3. The second-order valence-electron chi connectivity index (χ2n) is 4.70. The van der Waals surface area contributed by atoms with Gasteiger partial charge in [0.2, 0.25) is 0 Å². The van der Waals surface area contributed by atoms with E-state index in [0.29, 0.717) is 25.0 Å². The Labute approximate surface area is 91.4 Å². The average Bonchev–Trinajstić information content (AvgIpc) is 2.56. The van der Waals surface area contributed by atoms with Crippen molar-refractivity contribution in [1.29, 1.82) is 0 Å². The molecule has 0 aromatic carbocycles. The minimum absolute atomic E-state index is 0.0385. The van der Waals surface area contributed by atoms with Crippen LogP contribution in [0.3, 0.4) is 0 Å². The number of nitrogens with zero attached hydrogens (tertiary/aromatic N) is 1. The van der Waals surface area contributed by atoms with Gasteiger partial charge < -0.3 is 5.32 Å². The Morgan fingerprint density at radius 1 is 1.40 bits per heavy atom. The van der Waals surface area contributed by atoms with Gasteiger partial charge in [-0.2, -0.15) is 17.4 Å². The highest BCUT2D eigenvalue weighted by Crippen LogP contribution is 2.25. The van der Waals surface area contributed by atoms with Crippen LogP contribution in [-0.4, -0.2) is 44.4 Å². The summed E-state index contributed by atoms with van der Waals surface area (Å²) in [5.74, 6) is 0.508. The number of hydrogen-bond donors (Lipinski definition) is 2. The van der Waals surface area contributed by atoms with E-state index in [1.165, 1.54) is 0 Å². The maximum Gasteiger partial charge on any atom is 0.279 e. The fraction of sp³-hybridized carbons (Fsp3) is 1.00. The lowest BCUT2D eigenvalue weighted by Gasteiger charge is -2.19. The second-order valence-corrected chi connectivity index (χ2v) is 6.41. The molecule has 2 rings (SSSR count). The van der Waals surface area contributed by atoms with Crippen molar-refractivity contribution in [1.82, 2.24) is 14.3 Å². The fourth-order valence-corrected chi connectivity index (χ4v) is 3.87. The lowest BCUT2D eigenvalue weighted by Crippen LogP contribution is -2.43. The van der Waals surface area contributed by atoms with Crippen LogP contribution in [-0.2, 0) is 10.2 Å². The summed E-state index contributed by atoms with van der Waals surface area (Å²) in [5.41, 5.74) is 0. The SMILES string of the molecule is CC(C)NS(=O)(=O)N1C[C@@H]2CCN[C@@H]2C1. The van der Waals surface area contributed by atoms with Crippen LogP contribution in [0.5, 0.6) is 0 Å². The Morgan fingerprint density at radius 2 is 2.13 bits per heavy atom. The zero-order valence-electron chi connectivity index (χ0n) is 9.23. The third-order valence-electron chi connectivity index (χ3n) is 3.05. The molecule has 2 saturated heterocycles. The molecule has 2 aliphatic rings. The first-order valence-corrected chi connectivity index (χ1v) is 6.94. The summed E-state index contributed by atoms with van der Waals surface area (Å²) in [6.07, 6.45) is 1.10. The molecule has 0 aromatic rings. The zero-order valence-corrected chi connectivity index (χ0v) is 10.0. The fourth-order valence-electron chi connectivity index (χ4n) is 2.38. The van der Waals surface area contributed by atoms with E-state index >= 15 is 0 Å². The van der Waals surface area contributed by atoms with E-state index in [-0.39, 0.29) is 6.04 Å². The molecule has 6 heteroatoms. The van der Waals surface area contributed by atoms with Crippen LogP contribution in [0.15, 0.2) is 0 Å². The topological polar surface area (TPSA) is 61.4 Å². The Bertz CT molecular complexity index is 316. The van der Waals surface area contributed by atoms with Crippen molar-refractivity contribution in [2.75, 3.05) is 19.6 Å². The summed E-state index contributed by atoms with van der Waals surface area (Å²) >= 11 is 0. The molecule has 2 N–H and O–H groups in total. The van der Waals surface area contributed by atoms with Gasteiger partial charge in [-0.1, -0.05) is 0 Å². The van der Waals surface area contributed by atoms with Gasteiger partial charge in [0.25, 0.3) is 10.2 Å². The van der Waals surface area contributed by atoms with Crippen LogP contribution in [0, 0.1) is 5.92 Å². The predicted molar refractivity (Wildman–Crippen MR) is 58.7 cm³/mol. The molecule has 0 spiro atoms. The van der Waals surface area contributed by atoms with Crippen molar-refractivity contribution in [3.05, 3.63) is 0 Å². The number of nitrogens with one attached hydrogen (secondary N) is 2. The lowest BCUT2D eigenvalue weighted by molar-refractivity contribution is 0.433. The maximum absolute atomic E-state index is 11.9. The van der Waals surface area contributed by atoms with Crippen LogP contribution in [0.1, 0.15) is 20.3 Å². The van der Waals surface area contributed by atoms with Crippen molar-refractivity contribution in [3.63, 3.8) is 0 Å². The van der Waals surface area contributed by atoms with Crippen LogP contribution in [0.2, 0.25) is 0 Å². The van der Waals surface area contributed by atoms with Crippen molar-refractivity contribution in [3.8, 4) is 0 Å². The first kappa shape index (κ1) is 11.3. The van der Waals surface area contributed by atoms with Crippen LogP contribution < -0.4 is 10.0 Å². The predicted octanol–water partition coefficient (Wildman–Crippen LogP) is -0.477. The Kier molecular flexibility index (Phi) is 3.03. The Hall–Kier alpha value is -0.170. The van der Waals surface area contributed by atoms with E-state index < -0.39 is 10.2 Å². The average molecular weight is 233 g/mol. The van der Waals surface area contributed by atoms with Gasteiger partial charge in [-0.3, -0.25) is 0 Å². The molecule has 0 saturated carbocycles. The maximum atomic E-state index is 11.9. The van der Waals surface area contributed by atoms with Gasteiger partial charge in [0.05, 0.1) is 0 Å². The third kappa shape index (κ3) is 2.33. The first-order chi connectivity index (χ1) is 6.99. The lowest BCUT2D eigenvalue weighted by atomic mass is 10.1. The van der Waals surface area contributed by atoms with E-state index in [4.69, 9.17) is 0 Å². The quantitative estimate of drug-likeness (QED) is 0.692. The van der Waals surface area contributed by atoms with Gasteiger partial charge in [-0.05, 0) is 32.7 Å². The van der Waals surface area contributed by atoms with Gasteiger partial charge in [0.1, 0.15) is 0 Å². The van der Waals surface area contributed by atoms with Gasteiger partial charge in [0, 0.05) is 25.2 Å².